The number of hydrogen-bond acceptors (Lipinski definition) is 5. The number of amides is 2. The summed E-state index contributed by atoms with van der Waals surface area (Å²) in [5.41, 5.74) is 4.39. The van der Waals surface area contributed by atoms with Crippen LogP contribution in [0.1, 0.15) is 49.3 Å². The van der Waals surface area contributed by atoms with Crippen molar-refractivity contribution in [2.75, 3.05) is 26.2 Å². The third-order valence-corrected chi connectivity index (χ3v) is 8.63. The van der Waals surface area contributed by atoms with Gasteiger partial charge in [0.1, 0.15) is 6.61 Å². The minimum atomic E-state index is -1.33. The fourth-order valence-corrected chi connectivity index (χ4v) is 6.16. The molecule has 220 valence electrons. The third kappa shape index (κ3) is 6.49. The number of aliphatic carboxylic acids is 1. The summed E-state index contributed by atoms with van der Waals surface area (Å²) in [5, 5.41) is 15.7. The number of fused-ring (bicyclic) bond motifs is 3. The number of alkyl carbamates (subject to hydrolysis) is 1. The molecular formula is C34H39N3O5. The van der Waals surface area contributed by atoms with Crippen LogP contribution in [0, 0.1) is 11.8 Å². The van der Waals surface area contributed by atoms with Gasteiger partial charge in [-0.2, -0.15) is 0 Å². The van der Waals surface area contributed by atoms with Crippen LogP contribution in [-0.2, 0) is 20.9 Å². The van der Waals surface area contributed by atoms with E-state index in [1.807, 2.05) is 68.4 Å². The Balaban J connectivity index is 1.13. The number of nitrogens with one attached hydrogen (secondary N) is 2. The Kier molecular flexibility index (Phi) is 8.92. The molecule has 0 aromatic heterocycles. The Labute approximate surface area is 247 Å². The zero-order chi connectivity index (χ0) is 29.7. The zero-order valence-electron chi connectivity index (χ0n) is 24.2. The van der Waals surface area contributed by atoms with Crippen LogP contribution in [0.4, 0.5) is 4.79 Å². The number of benzene rings is 3. The molecule has 8 nitrogen and oxygen atoms in total. The first-order chi connectivity index (χ1) is 20.3. The van der Waals surface area contributed by atoms with Crippen molar-refractivity contribution in [2.45, 2.75) is 44.7 Å². The van der Waals surface area contributed by atoms with Crippen LogP contribution in [0.3, 0.4) is 0 Å². The Bertz CT molecular complexity index is 1380. The number of carbonyl (C=O) groups is 3. The van der Waals surface area contributed by atoms with Crippen molar-refractivity contribution in [3.8, 4) is 11.1 Å². The van der Waals surface area contributed by atoms with Gasteiger partial charge < -0.3 is 20.5 Å². The minimum absolute atomic E-state index is 0.0325. The van der Waals surface area contributed by atoms with E-state index in [1.54, 1.807) is 0 Å². The predicted molar refractivity (Wildman–Crippen MR) is 161 cm³/mol. The van der Waals surface area contributed by atoms with Gasteiger partial charge in [0.2, 0.25) is 5.91 Å². The maximum Gasteiger partial charge on any atom is 0.407 e. The number of ether oxygens (including phenoxy) is 1. The summed E-state index contributed by atoms with van der Waals surface area (Å²) in [4.78, 5) is 40.2. The quantitative estimate of drug-likeness (QED) is 0.299. The Morgan fingerprint density at radius 3 is 2.19 bits per heavy atom. The lowest BCUT2D eigenvalue weighted by molar-refractivity contribution is -0.147. The normalized spacial score (nSPS) is 18.7. The second kappa shape index (κ2) is 12.8. The van der Waals surface area contributed by atoms with Crippen LogP contribution in [0.2, 0.25) is 0 Å². The summed E-state index contributed by atoms with van der Waals surface area (Å²) < 4.78 is 5.66. The highest BCUT2D eigenvalue weighted by Crippen LogP contribution is 2.44. The lowest BCUT2D eigenvalue weighted by atomic mass is 9.91. The number of carboxylic acids is 1. The molecule has 0 saturated carbocycles. The number of nitrogens with zero attached hydrogens (tertiary/aromatic N) is 1. The lowest BCUT2D eigenvalue weighted by Gasteiger charge is -2.28. The Morgan fingerprint density at radius 2 is 1.57 bits per heavy atom. The zero-order valence-corrected chi connectivity index (χ0v) is 24.2. The van der Waals surface area contributed by atoms with E-state index >= 15 is 0 Å². The van der Waals surface area contributed by atoms with E-state index < -0.39 is 17.6 Å². The van der Waals surface area contributed by atoms with E-state index in [1.165, 1.54) is 0 Å². The van der Waals surface area contributed by atoms with Gasteiger partial charge in [0.25, 0.3) is 0 Å². The molecule has 0 spiro atoms. The molecule has 2 aliphatic rings. The SMILES string of the molecule is CC(C)C(CNC(=O)OCC1c2ccccc2-c2ccccc21)CC(=O)NC1(C(=O)O)CCN(Cc2ccccc2)C1. The average molecular weight is 570 g/mol. The molecule has 1 aliphatic heterocycles. The molecule has 42 heavy (non-hydrogen) atoms. The molecule has 0 bridgehead atoms. The van der Waals surface area contributed by atoms with Crippen molar-refractivity contribution >= 4 is 18.0 Å². The molecule has 1 saturated heterocycles. The van der Waals surface area contributed by atoms with Crippen molar-refractivity contribution < 1.29 is 24.2 Å². The second-order valence-corrected chi connectivity index (χ2v) is 11.8. The van der Waals surface area contributed by atoms with E-state index in [-0.39, 0.29) is 49.8 Å². The molecule has 1 fully saturated rings. The van der Waals surface area contributed by atoms with Gasteiger partial charge in [-0.15, -0.1) is 0 Å². The number of hydrogen-bond donors (Lipinski definition) is 3. The summed E-state index contributed by atoms with van der Waals surface area (Å²) in [7, 11) is 0. The van der Waals surface area contributed by atoms with Gasteiger partial charge >= 0.3 is 12.1 Å². The van der Waals surface area contributed by atoms with Gasteiger partial charge in [-0.3, -0.25) is 9.69 Å². The minimum Gasteiger partial charge on any atom is -0.479 e. The molecule has 1 heterocycles. The van der Waals surface area contributed by atoms with E-state index in [0.717, 1.165) is 27.8 Å². The Hall–Kier alpha value is -4.17. The van der Waals surface area contributed by atoms with Crippen LogP contribution < -0.4 is 10.6 Å². The highest BCUT2D eigenvalue weighted by molar-refractivity contribution is 5.88. The largest absolute Gasteiger partial charge is 0.479 e. The smallest absolute Gasteiger partial charge is 0.407 e. The molecule has 2 amide bonds. The van der Waals surface area contributed by atoms with E-state index in [4.69, 9.17) is 4.74 Å². The topological polar surface area (TPSA) is 108 Å². The molecule has 5 rings (SSSR count). The van der Waals surface area contributed by atoms with E-state index in [9.17, 15) is 19.5 Å². The van der Waals surface area contributed by atoms with Crippen LogP contribution in [-0.4, -0.2) is 59.8 Å². The first-order valence-corrected chi connectivity index (χ1v) is 14.7. The molecular weight excluding hydrogens is 530 g/mol. The highest BCUT2D eigenvalue weighted by atomic mass is 16.5. The van der Waals surface area contributed by atoms with Crippen molar-refractivity contribution in [2.24, 2.45) is 11.8 Å². The first-order valence-electron chi connectivity index (χ1n) is 14.7. The van der Waals surface area contributed by atoms with Crippen molar-refractivity contribution in [3.63, 3.8) is 0 Å². The first kappa shape index (κ1) is 29.3. The van der Waals surface area contributed by atoms with Crippen molar-refractivity contribution in [1.29, 1.82) is 0 Å². The monoisotopic (exact) mass is 569 g/mol. The van der Waals surface area contributed by atoms with Crippen LogP contribution in [0.25, 0.3) is 11.1 Å². The maximum atomic E-state index is 13.1. The summed E-state index contributed by atoms with van der Waals surface area (Å²) in [5.74, 6) is -1.48. The van der Waals surface area contributed by atoms with Crippen LogP contribution in [0.5, 0.6) is 0 Å². The number of carboxylic acid groups (broad SMARTS) is 1. The van der Waals surface area contributed by atoms with Gasteiger partial charge in [0, 0.05) is 38.5 Å². The summed E-state index contributed by atoms with van der Waals surface area (Å²) in [6.07, 6.45) is -0.0856. The van der Waals surface area contributed by atoms with Gasteiger partial charge in [-0.1, -0.05) is 92.7 Å². The summed E-state index contributed by atoms with van der Waals surface area (Å²) in [6.45, 7) is 5.90. The second-order valence-electron chi connectivity index (χ2n) is 11.8. The average Bonchev–Trinajstić information content (AvgIpc) is 3.54. The summed E-state index contributed by atoms with van der Waals surface area (Å²) >= 11 is 0. The molecule has 3 N–H and O–H groups in total. The maximum absolute atomic E-state index is 13.1. The van der Waals surface area contributed by atoms with Crippen molar-refractivity contribution in [1.82, 2.24) is 15.5 Å². The van der Waals surface area contributed by atoms with Crippen molar-refractivity contribution in [3.05, 3.63) is 95.6 Å². The number of rotatable bonds is 11. The van der Waals surface area contributed by atoms with Gasteiger partial charge in [0.15, 0.2) is 5.54 Å². The molecule has 3 aromatic carbocycles. The van der Waals surface area contributed by atoms with E-state index in [2.05, 4.69) is 39.8 Å². The van der Waals surface area contributed by atoms with E-state index in [0.29, 0.717) is 19.5 Å². The molecule has 0 radical (unpaired) electrons. The molecule has 1 aliphatic carbocycles. The van der Waals surface area contributed by atoms with Gasteiger partial charge in [0.05, 0.1) is 0 Å². The third-order valence-electron chi connectivity index (χ3n) is 8.63. The summed E-state index contributed by atoms with van der Waals surface area (Å²) in [6, 6.07) is 26.2. The predicted octanol–water partition coefficient (Wildman–Crippen LogP) is 5.03. The standard InChI is InChI=1S/C34H39N3O5/c1-23(2)25(18-31(38)36-34(32(39)40)16-17-37(22-34)20-24-10-4-3-5-11-24)19-35-33(41)42-21-30-28-14-8-6-12-26(28)27-13-7-9-15-29(27)30/h3-15,23,25,30H,16-22H2,1-2H3,(H,35,41)(H,36,38)(H,39,40). The lowest BCUT2D eigenvalue weighted by Crippen LogP contribution is -2.56. The number of carbonyl (C=O) groups excluding carboxylic acids is 2. The van der Waals surface area contributed by atoms with Gasteiger partial charge in [-0.25, -0.2) is 9.59 Å². The Morgan fingerprint density at radius 1 is 0.952 bits per heavy atom. The molecule has 3 aromatic rings. The highest BCUT2D eigenvalue weighted by Gasteiger charge is 2.46. The van der Waals surface area contributed by atoms with Crippen LogP contribution in [0.15, 0.2) is 78.9 Å². The molecule has 2 unspecified atom stereocenters. The molecule has 2 atom stereocenters. The number of likely N-dealkylation sites (tertiary alicyclic amines) is 1. The van der Waals surface area contributed by atoms with Gasteiger partial charge in [-0.05, 0) is 46.1 Å². The fraction of sp³-hybridized carbons (Fsp3) is 0.382. The van der Waals surface area contributed by atoms with Crippen LogP contribution >= 0.6 is 0 Å². The fourth-order valence-electron chi connectivity index (χ4n) is 6.16. The molecule has 8 heteroatoms.